The Morgan fingerprint density at radius 3 is 2.42 bits per heavy atom. The zero-order valence-electron chi connectivity index (χ0n) is 14.8. The minimum absolute atomic E-state index is 0.00286. The Morgan fingerprint density at radius 2 is 1.92 bits per heavy atom. The smallest absolute Gasteiger partial charge is 0.407 e. The lowest BCUT2D eigenvalue weighted by Gasteiger charge is -2.20. The molecule has 1 amide bonds. The van der Waals surface area contributed by atoms with E-state index in [4.69, 9.17) is 21.7 Å². The van der Waals surface area contributed by atoms with Crippen molar-refractivity contribution >= 4 is 23.4 Å². The molecule has 0 heterocycles. The van der Waals surface area contributed by atoms with Gasteiger partial charge in [0.25, 0.3) is 0 Å². The minimum Gasteiger partial charge on any atom is -0.502 e. The number of amides is 1. The van der Waals surface area contributed by atoms with Crippen LogP contribution in [0.15, 0.2) is 24.3 Å². The summed E-state index contributed by atoms with van der Waals surface area (Å²) in [5, 5.41) is 12.4. The van der Waals surface area contributed by atoms with Gasteiger partial charge in [0.05, 0.1) is 7.11 Å². The zero-order valence-corrected chi connectivity index (χ0v) is 15.6. The number of alkyl carbamates (subject to hydrolysis) is 1. The highest BCUT2D eigenvalue weighted by atomic mass is 32.1. The van der Waals surface area contributed by atoms with Gasteiger partial charge in [-0.3, -0.25) is 0 Å². The van der Waals surface area contributed by atoms with E-state index in [0.717, 1.165) is 11.3 Å². The normalized spacial score (nSPS) is 12.3. The van der Waals surface area contributed by atoms with Crippen molar-refractivity contribution in [3.8, 4) is 5.75 Å². The second-order valence-electron chi connectivity index (χ2n) is 6.66. The van der Waals surface area contributed by atoms with E-state index >= 15 is 0 Å². The first-order valence-electron chi connectivity index (χ1n) is 8.04. The van der Waals surface area contributed by atoms with Crippen molar-refractivity contribution < 1.29 is 19.4 Å². The van der Waals surface area contributed by atoms with E-state index in [2.05, 4.69) is 5.32 Å². The molecule has 134 valence electrons. The molecular weight excluding hydrogens is 326 g/mol. The van der Waals surface area contributed by atoms with Crippen LogP contribution >= 0.6 is 12.2 Å². The van der Waals surface area contributed by atoms with Gasteiger partial charge in [-0.15, -0.1) is 0 Å². The fourth-order valence-electron chi connectivity index (χ4n) is 2.21. The second-order valence-corrected chi connectivity index (χ2v) is 7.08. The molecule has 0 radical (unpaired) electrons. The first kappa shape index (κ1) is 20.2. The Bertz CT molecular complexity index is 537. The molecular formula is C18H27NO4S. The van der Waals surface area contributed by atoms with Crippen LogP contribution in [-0.4, -0.2) is 35.5 Å². The Balaban J connectivity index is 2.41. The molecule has 1 unspecified atom stereocenters. The van der Waals surface area contributed by atoms with Crippen molar-refractivity contribution in [2.24, 2.45) is 5.92 Å². The van der Waals surface area contributed by atoms with Gasteiger partial charge in [0, 0.05) is 12.5 Å². The lowest BCUT2D eigenvalue weighted by Crippen LogP contribution is -2.33. The maximum absolute atomic E-state index is 11.6. The fourth-order valence-corrected chi connectivity index (χ4v) is 2.41. The van der Waals surface area contributed by atoms with E-state index in [1.54, 1.807) is 7.11 Å². The van der Waals surface area contributed by atoms with Crippen LogP contribution in [0.3, 0.4) is 0 Å². The van der Waals surface area contributed by atoms with Gasteiger partial charge in [-0.2, -0.15) is 0 Å². The van der Waals surface area contributed by atoms with Gasteiger partial charge < -0.3 is 19.9 Å². The van der Waals surface area contributed by atoms with Crippen LogP contribution < -0.4 is 10.1 Å². The van der Waals surface area contributed by atoms with Gasteiger partial charge in [0.1, 0.15) is 11.4 Å². The number of rotatable bonds is 8. The van der Waals surface area contributed by atoms with Crippen molar-refractivity contribution in [1.82, 2.24) is 5.32 Å². The number of hydrogen-bond donors (Lipinski definition) is 2. The average Bonchev–Trinajstić information content (AvgIpc) is 2.49. The molecule has 0 aromatic heterocycles. The largest absolute Gasteiger partial charge is 0.502 e. The van der Waals surface area contributed by atoms with Crippen LogP contribution in [0, 0.1) is 5.92 Å². The number of benzene rings is 1. The number of methoxy groups -OCH3 is 1. The SMILES string of the molecule is COc1ccc(CC(CCCNC(=O)OC(C)(C)C)C(O)=S)cc1. The summed E-state index contributed by atoms with van der Waals surface area (Å²) < 4.78 is 10.3. The summed E-state index contributed by atoms with van der Waals surface area (Å²) in [5.74, 6) is 0.678. The number of aliphatic hydroxyl groups excluding tert-OH is 1. The Hall–Kier alpha value is -1.82. The van der Waals surface area contributed by atoms with Crippen LogP contribution in [0.4, 0.5) is 4.79 Å². The number of carbonyl (C=O) groups excluding carboxylic acids is 1. The van der Waals surface area contributed by atoms with E-state index in [0.29, 0.717) is 25.8 Å². The Labute approximate surface area is 149 Å². The van der Waals surface area contributed by atoms with Gasteiger partial charge in [0.15, 0.2) is 5.05 Å². The van der Waals surface area contributed by atoms with Gasteiger partial charge in [-0.1, -0.05) is 12.1 Å². The van der Waals surface area contributed by atoms with Crippen LogP contribution in [0.2, 0.25) is 0 Å². The summed E-state index contributed by atoms with van der Waals surface area (Å²) in [7, 11) is 1.62. The molecule has 5 nitrogen and oxygen atoms in total. The fraction of sp³-hybridized carbons (Fsp3) is 0.556. The van der Waals surface area contributed by atoms with Crippen molar-refractivity contribution in [3.63, 3.8) is 0 Å². The maximum Gasteiger partial charge on any atom is 0.407 e. The molecule has 0 fully saturated rings. The predicted octanol–water partition coefficient (Wildman–Crippen LogP) is 4.04. The van der Waals surface area contributed by atoms with Crippen molar-refractivity contribution in [2.75, 3.05) is 13.7 Å². The third-order valence-corrected chi connectivity index (χ3v) is 3.72. The number of hydrogen-bond acceptors (Lipinski definition) is 4. The molecule has 0 saturated heterocycles. The minimum atomic E-state index is -0.506. The van der Waals surface area contributed by atoms with Gasteiger partial charge in [-0.05, 0) is 69.9 Å². The summed E-state index contributed by atoms with van der Waals surface area (Å²) in [4.78, 5) is 11.6. The first-order valence-corrected chi connectivity index (χ1v) is 8.44. The molecule has 1 atom stereocenters. The summed E-state index contributed by atoms with van der Waals surface area (Å²) >= 11 is 4.96. The number of carbonyl (C=O) groups is 1. The first-order chi connectivity index (χ1) is 11.2. The number of thiocarbonyl (C=S) groups is 1. The zero-order chi connectivity index (χ0) is 18.2. The molecule has 6 heteroatoms. The van der Waals surface area contributed by atoms with Crippen LogP contribution in [0.1, 0.15) is 39.2 Å². The molecule has 24 heavy (non-hydrogen) atoms. The molecule has 2 N–H and O–H groups in total. The molecule has 0 saturated carbocycles. The number of nitrogens with one attached hydrogen (secondary N) is 1. The molecule has 0 spiro atoms. The van der Waals surface area contributed by atoms with Gasteiger partial charge in [-0.25, -0.2) is 4.79 Å². The van der Waals surface area contributed by atoms with Gasteiger partial charge in [0.2, 0.25) is 0 Å². The van der Waals surface area contributed by atoms with Crippen molar-refractivity contribution in [1.29, 1.82) is 0 Å². The quantitative estimate of drug-likeness (QED) is 0.545. The van der Waals surface area contributed by atoms with Crippen molar-refractivity contribution in [3.05, 3.63) is 29.8 Å². The monoisotopic (exact) mass is 353 g/mol. The molecule has 0 bridgehead atoms. The van der Waals surface area contributed by atoms with E-state index < -0.39 is 11.7 Å². The summed E-state index contributed by atoms with van der Waals surface area (Å²) in [6, 6.07) is 7.69. The summed E-state index contributed by atoms with van der Waals surface area (Å²) in [6.45, 7) is 5.95. The van der Waals surface area contributed by atoms with E-state index in [1.165, 1.54) is 0 Å². The van der Waals surface area contributed by atoms with Crippen LogP contribution in [0.25, 0.3) is 0 Å². The molecule has 0 aliphatic heterocycles. The predicted molar refractivity (Wildman–Crippen MR) is 98.9 cm³/mol. The second kappa shape index (κ2) is 9.47. The molecule has 1 aromatic carbocycles. The van der Waals surface area contributed by atoms with Crippen molar-refractivity contribution in [2.45, 2.75) is 45.6 Å². The summed E-state index contributed by atoms with van der Waals surface area (Å²) in [6.07, 6.45) is 1.63. The molecule has 1 aromatic rings. The van der Waals surface area contributed by atoms with Gasteiger partial charge >= 0.3 is 6.09 Å². The number of ether oxygens (including phenoxy) is 2. The lowest BCUT2D eigenvalue weighted by molar-refractivity contribution is 0.0526. The highest BCUT2D eigenvalue weighted by Gasteiger charge is 2.17. The standard InChI is InChI=1S/C18H27NO4S/c1-18(2,3)23-17(21)19-11-5-6-14(16(20)24)12-13-7-9-15(22-4)10-8-13/h7-10,14H,5-6,11-12H2,1-4H3,(H,19,21)(H,20,24). The summed E-state index contributed by atoms with van der Waals surface area (Å²) in [5.41, 5.74) is 0.575. The Kier molecular flexibility index (Phi) is 7.98. The number of aliphatic hydroxyl groups is 1. The third-order valence-electron chi connectivity index (χ3n) is 3.39. The van der Waals surface area contributed by atoms with Crippen LogP contribution in [-0.2, 0) is 11.2 Å². The van der Waals surface area contributed by atoms with Crippen LogP contribution in [0.5, 0.6) is 5.75 Å². The van der Waals surface area contributed by atoms with E-state index in [1.807, 2.05) is 45.0 Å². The highest BCUT2D eigenvalue weighted by molar-refractivity contribution is 7.80. The Morgan fingerprint density at radius 1 is 1.29 bits per heavy atom. The highest BCUT2D eigenvalue weighted by Crippen LogP contribution is 2.18. The van der Waals surface area contributed by atoms with E-state index in [-0.39, 0.29) is 11.0 Å². The molecule has 1 rings (SSSR count). The molecule has 0 aliphatic carbocycles. The topological polar surface area (TPSA) is 67.8 Å². The maximum atomic E-state index is 11.6. The lowest BCUT2D eigenvalue weighted by atomic mass is 9.95. The average molecular weight is 353 g/mol. The van der Waals surface area contributed by atoms with E-state index in [9.17, 15) is 9.90 Å². The molecule has 0 aliphatic rings. The third kappa shape index (κ3) is 8.15.